The molecular formula is C9H10N6S. The monoisotopic (exact) mass is 234 g/mol. The average molecular weight is 234 g/mol. The van der Waals surface area contributed by atoms with E-state index in [0.29, 0.717) is 17.1 Å². The summed E-state index contributed by atoms with van der Waals surface area (Å²) in [5, 5.41) is 19.5. The average Bonchev–Trinajstić information content (AvgIpc) is 2.82. The second-order valence-electron chi connectivity index (χ2n) is 3.26. The van der Waals surface area contributed by atoms with Gasteiger partial charge in [0.05, 0.1) is 6.20 Å². The smallest absolute Gasteiger partial charge is 0.157 e. The van der Waals surface area contributed by atoms with E-state index in [1.54, 1.807) is 6.20 Å². The number of nitriles is 1. The number of aromatic nitrogens is 3. The minimum atomic E-state index is 0.277. The summed E-state index contributed by atoms with van der Waals surface area (Å²) in [6, 6.07) is 2.03. The minimum absolute atomic E-state index is 0.277. The SMILES string of the molecule is Cc1[nH]ncc1CNc1snc(N)c1C#N. The van der Waals surface area contributed by atoms with Crippen LogP contribution < -0.4 is 11.1 Å². The number of nitrogen functional groups attached to an aromatic ring is 1. The van der Waals surface area contributed by atoms with Crippen molar-refractivity contribution in [1.29, 1.82) is 5.26 Å². The minimum Gasteiger partial charge on any atom is -0.382 e. The summed E-state index contributed by atoms with van der Waals surface area (Å²) in [5.41, 5.74) is 8.01. The van der Waals surface area contributed by atoms with Gasteiger partial charge in [0.2, 0.25) is 0 Å². The summed E-state index contributed by atoms with van der Waals surface area (Å²) in [6.07, 6.45) is 1.75. The van der Waals surface area contributed by atoms with E-state index in [4.69, 9.17) is 11.0 Å². The van der Waals surface area contributed by atoms with Crippen molar-refractivity contribution in [3.8, 4) is 6.07 Å². The predicted octanol–water partition coefficient (Wildman–Crippen LogP) is 1.24. The topological polar surface area (TPSA) is 103 Å². The molecule has 0 bridgehead atoms. The lowest BCUT2D eigenvalue weighted by molar-refractivity contribution is 1.04. The van der Waals surface area contributed by atoms with Crippen molar-refractivity contribution >= 4 is 22.4 Å². The zero-order valence-corrected chi connectivity index (χ0v) is 9.43. The summed E-state index contributed by atoms with van der Waals surface area (Å²) >= 11 is 1.19. The molecule has 2 heterocycles. The third-order valence-electron chi connectivity index (χ3n) is 2.20. The Kier molecular flexibility index (Phi) is 2.74. The maximum absolute atomic E-state index is 8.88. The number of aryl methyl sites for hydroxylation is 1. The fourth-order valence-electron chi connectivity index (χ4n) is 1.26. The van der Waals surface area contributed by atoms with E-state index in [1.165, 1.54) is 11.5 Å². The van der Waals surface area contributed by atoms with Gasteiger partial charge in [-0.2, -0.15) is 14.7 Å². The van der Waals surface area contributed by atoms with Gasteiger partial charge in [0, 0.05) is 17.8 Å². The van der Waals surface area contributed by atoms with Crippen LogP contribution >= 0.6 is 11.5 Å². The van der Waals surface area contributed by atoms with Gasteiger partial charge in [0.15, 0.2) is 5.82 Å². The zero-order chi connectivity index (χ0) is 11.5. The maximum Gasteiger partial charge on any atom is 0.157 e. The first-order valence-electron chi connectivity index (χ1n) is 4.60. The Labute approximate surface area is 96.3 Å². The van der Waals surface area contributed by atoms with E-state index in [1.807, 2.05) is 13.0 Å². The molecule has 0 aliphatic heterocycles. The predicted molar refractivity (Wildman–Crippen MR) is 61.9 cm³/mol. The molecule has 2 aromatic rings. The van der Waals surface area contributed by atoms with Gasteiger partial charge in [-0.15, -0.1) is 0 Å². The number of hydrogen-bond donors (Lipinski definition) is 3. The Morgan fingerprint density at radius 1 is 1.69 bits per heavy atom. The lowest BCUT2D eigenvalue weighted by atomic mass is 10.2. The van der Waals surface area contributed by atoms with Crippen LogP contribution in [0.1, 0.15) is 16.8 Å². The van der Waals surface area contributed by atoms with Crippen LogP contribution in [0.4, 0.5) is 10.8 Å². The van der Waals surface area contributed by atoms with E-state index >= 15 is 0 Å². The van der Waals surface area contributed by atoms with Gasteiger partial charge in [0.25, 0.3) is 0 Å². The normalized spacial score (nSPS) is 10.0. The molecule has 0 aromatic carbocycles. The second-order valence-corrected chi connectivity index (χ2v) is 4.03. The van der Waals surface area contributed by atoms with Gasteiger partial charge in [-0.05, 0) is 18.5 Å². The Hall–Kier alpha value is -2.07. The molecule has 0 aliphatic carbocycles. The highest BCUT2D eigenvalue weighted by Crippen LogP contribution is 2.26. The molecule has 0 saturated carbocycles. The summed E-state index contributed by atoms with van der Waals surface area (Å²) in [5.74, 6) is 0.277. The van der Waals surface area contributed by atoms with Crippen LogP contribution in [0.15, 0.2) is 6.20 Å². The summed E-state index contributed by atoms with van der Waals surface area (Å²) in [4.78, 5) is 0. The van der Waals surface area contributed by atoms with Crippen LogP contribution in [0, 0.1) is 18.3 Å². The highest BCUT2D eigenvalue weighted by Gasteiger charge is 2.10. The van der Waals surface area contributed by atoms with Crippen molar-refractivity contribution in [2.75, 3.05) is 11.1 Å². The van der Waals surface area contributed by atoms with E-state index in [-0.39, 0.29) is 5.82 Å². The van der Waals surface area contributed by atoms with Crippen LogP contribution in [-0.4, -0.2) is 14.6 Å². The van der Waals surface area contributed by atoms with Crippen molar-refractivity contribution in [2.45, 2.75) is 13.5 Å². The fourth-order valence-corrected chi connectivity index (χ4v) is 1.92. The molecule has 0 aliphatic rings. The molecule has 7 heteroatoms. The Balaban J connectivity index is 2.11. The van der Waals surface area contributed by atoms with Crippen LogP contribution in [0.2, 0.25) is 0 Å². The number of rotatable bonds is 3. The van der Waals surface area contributed by atoms with Crippen LogP contribution in [0.5, 0.6) is 0 Å². The van der Waals surface area contributed by atoms with Crippen molar-refractivity contribution in [3.05, 3.63) is 23.0 Å². The Morgan fingerprint density at radius 3 is 3.12 bits per heavy atom. The van der Waals surface area contributed by atoms with Gasteiger partial charge < -0.3 is 11.1 Å². The zero-order valence-electron chi connectivity index (χ0n) is 8.61. The molecule has 0 radical (unpaired) electrons. The lowest BCUT2D eigenvalue weighted by Crippen LogP contribution is -2.00. The lowest BCUT2D eigenvalue weighted by Gasteiger charge is -2.01. The molecule has 0 saturated heterocycles. The van der Waals surface area contributed by atoms with Gasteiger partial charge in [-0.25, -0.2) is 0 Å². The summed E-state index contributed by atoms with van der Waals surface area (Å²) in [6.45, 7) is 2.54. The molecular weight excluding hydrogens is 224 g/mol. The number of nitrogens with one attached hydrogen (secondary N) is 2. The summed E-state index contributed by atoms with van der Waals surface area (Å²) in [7, 11) is 0. The van der Waals surface area contributed by atoms with Crippen LogP contribution in [-0.2, 0) is 6.54 Å². The Morgan fingerprint density at radius 2 is 2.50 bits per heavy atom. The molecule has 2 aromatic heterocycles. The standard InChI is InChI=1S/C9H10N6S/c1-5-6(4-13-14-5)3-12-9-7(2-10)8(11)15-16-9/h4,12H,3H2,1H3,(H2,11,15)(H,13,14). The number of anilines is 2. The molecule has 2 rings (SSSR count). The van der Waals surface area contributed by atoms with Crippen molar-refractivity contribution in [3.63, 3.8) is 0 Å². The Bertz CT molecular complexity index is 534. The van der Waals surface area contributed by atoms with Crippen LogP contribution in [0.25, 0.3) is 0 Å². The highest BCUT2D eigenvalue weighted by molar-refractivity contribution is 7.10. The van der Waals surface area contributed by atoms with Crippen molar-refractivity contribution < 1.29 is 0 Å². The van der Waals surface area contributed by atoms with Gasteiger partial charge in [-0.3, -0.25) is 5.10 Å². The first-order chi connectivity index (χ1) is 7.72. The van der Waals surface area contributed by atoms with E-state index in [2.05, 4.69) is 19.9 Å². The number of nitrogens with zero attached hydrogens (tertiary/aromatic N) is 3. The molecule has 82 valence electrons. The number of nitrogens with two attached hydrogens (primary N) is 1. The molecule has 0 fully saturated rings. The quantitative estimate of drug-likeness (QED) is 0.741. The van der Waals surface area contributed by atoms with Crippen molar-refractivity contribution in [1.82, 2.24) is 14.6 Å². The number of hydrogen-bond acceptors (Lipinski definition) is 6. The molecule has 16 heavy (non-hydrogen) atoms. The van der Waals surface area contributed by atoms with Gasteiger partial charge in [0.1, 0.15) is 16.6 Å². The number of H-pyrrole nitrogens is 1. The molecule has 4 N–H and O–H groups in total. The first-order valence-corrected chi connectivity index (χ1v) is 5.37. The van der Waals surface area contributed by atoms with E-state index in [0.717, 1.165) is 11.3 Å². The largest absolute Gasteiger partial charge is 0.382 e. The molecule has 0 amide bonds. The van der Waals surface area contributed by atoms with Gasteiger partial charge in [-0.1, -0.05) is 0 Å². The molecule has 0 unspecified atom stereocenters. The first kappa shape index (κ1) is 10.4. The van der Waals surface area contributed by atoms with Gasteiger partial charge >= 0.3 is 0 Å². The maximum atomic E-state index is 8.88. The molecule has 6 nitrogen and oxygen atoms in total. The fraction of sp³-hybridized carbons (Fsp3) is 0.222. The number of aromatic amines is 1. The van der Waals surface area contributed by atoms with Crippen LogP contribution in [0.3, 0.4) is 0 Å². The molecule has 0 spiro atoms. The van der Waals surface area contributed by atoms with E-state index < -0.39 is 0 Å². The second kappa shape index (κ2) is 4.20. The summed E-state index contributed by atoms with van der Waals surface area (Å²) < 4.78 is 3.92. The third-order valence-corrected chi connectivity index (χ3v) is 3.02. The van der Waals surface area contributed by atoms with Crippen molar-refractivity contribution in [2.24, 2.45) is 0 Å². The van der Waals surface area contributed by atoms with E-state index in [9.17, 15) is 0 Å². The third kappa shape index (κ3) is 1.83. The highest BCUT2D eigenvalue weighted by atomic mass is 32.1. The molecule has 0 atom stereocenters.